The maximum Gasteiger partial charge on any atom is 0.0158 e. The topological polar surface area (TPSA) is 0 Å². The third-order valence-electron chi connectivity index (χ3n) is 7.11. The number of fused-ring (bicyclic) bond motifs is 3. The highest BCUT2D eigenvalue weighted by molar-refractivity contribution is 5.80. The van der Waals surface area contributed by atoms with Gasteiger partial charge in [0.05, 0.1) is 0 Å². The molecule has 1 unspecified atom stereocenters. The monoisotopic (exact) mass is 402 g/mol. The Morgan fingerprint density at radius 1 is 0.645 bits per heavy atom. The van der Waals surface area contributed by atoms with Crippen LogP contribution in [0.2, 0.25) is 0 Å². The minimum absolute atomic E-state index is 0.0704. The second-order valence-electron chi connectivity index (χ2n) is 9.35. The van der Waals surface area contributed by atoms with Crippen LogP contribution < -0.4 is 0 Å². The average Bonchev–Trinajstić information content (AvgIpc) is 3.05. The van der Waals surface area contributed by atoms with Crippen molar-refractivity contribution < 1.29 is 0 Å². The van der Waals surface area contributed by atoms with Gasteiger partial charge in [0.15, 0.2) is 0 Å². The number of hydrogen-bond donors (Lipinski definition) is 0. The summed E-state index contributed by atoms with van der Waals surface area (Å²) in [5.41, 5.74) is 11.2. The van der Waals surface area contributed by atoms with Crippen LogP contribution in [0.3, 0.4) is 0 Å². The molecule has 0 aromatic heterocycles. The van der Waals surface area contributed by atoms with Crippen molar-refractivity contribution in [3.05, 3.63) is 119 Å². The minimum Gasteiger partial charge on any atom is -0.0648 e. The molecule has 0 radical (unpaired) electrons. The van der Waals surface area contributed by atoms with Gasteiger partial charge in [-0.15, -0.1) is 0 Å². The van der Waals surface area contributed by atoms with Crippen LogP contribution in [0.25, 0.3) is 22.3 Å². The molecule has 4 aromatic rings. The Morgan fingerprint density at radius 2 is 1.29 bits per heavy atom. The molecule has 0 N–H and O–H groups in total. The van der Waals surface area contributed by atoms with Crippen LogP contribution in [0, 0.1) is 0 Å². The summed E-state index contributed by atoms with van der Waals surface area (Å²) in [6.45, 7) is 7.03. The highest BCUT2D eigenvalue weighted by Gasteiger charge is 2.35. The van der Waals surface area contributed by atoms with Crippen molar-refractivity contribution in [2.45, 2.75) is 44.9 Å². The summed E-state index contributed by atoms with van der Waals surface area (Å²) in [7, 11) is 0. The van der Waals surface area contributed by atoms with Crippen molar-refractivity contribution in [3.63, 3.8) is 0 Å². The van der Waals surface area contributed by atoms with E-state index in [0.29, 0.717) is 5.92 Å². The lowest BCUT2D eigenvalue weighted by Crippen LogP contribution is -2.15. The fourth-order valence-corrected chi connectivity index (χ4v) is 5.24. The smallest absolute Gasteiger partial charge is 0.0158 e. The summed E-state index contributed by atoms with van der Waals surface area (Å²) in [5, 5.41) is 0. The van der Waals surface area contributed by atoms with Crippen LogP contribution in [-0.2, 0) is 11.8 Å². The first kappa shape index (κ1) is 19.8. The van der Waals surface area contributed by atoms with Gasteiger partial charge in [-0.1, -0.05) is 118 Å². The Morgan fingerprint density at radius 3 is 2.03 bits per heavy atom. The van der Waals surface area contributed by atoms with Gasteiger partial charge >= 0.3 is 0 Å². The van der Waals surface area contributed by atoms with Crippen LogP contribution in [-0.4, -0.2) is 0 Å². The Bertz CT molecular complexity index is 1200. The molecule has 1 atom stereocenters. The lowest BCUT2D eigenvalue weighted by Gasteiger charge is -2.23. The van der Waals surface area contributed by atoms with Gasteiger partial charge in [0.1, 0.15) is 0 Å². The van der Waals surface area contributed by atoms with E-state index in [1.54, 1.807) is 0 Å². The summed E-state index contributed by atoms with van der Waals surface area (Å²) in [6, 6.07) is 35.9. The molecule has 0 heteroatoms. The molecular formula is C31H30. The van der Waals surface area contributed by atoms with E-state index in [1.807, 2.05) is 0 Å². The molecule has 0 spiro atoms. The first-order valence-corrected chi connectivity index (χ1v) is 11.5. The van der Waals surface area contributed by atoms with Gasteiger partial charge in [0, 0.05) is 5.41 Å². The largest absolute Gasteiger partial charge is 0.0648 e. The summed E-state index contributed by atoms with van der Waals surface area (Å²) >= 11 is 0. The van der Waals surface area contributed by atoms with E-state index in [1.165, 1.54) is 44.5 Å². The first-order chi connectivity index (χ1) is 15.1. The maximum atomic E-state index is 2.47. The molecule has 31 heavy (non-hydrogen) atoms. The van der Waals surface area contributed by atoms with Crippen molar-refractivity contribution in [2.75, 3.05) is 0 Å². The fourth-order valence-electron chi connectivity index (χ4n) is 5.24. The molecule has 0 fully saturated rings. The molecule has 4 aromatic carbocycles. The molecule has 0 saturated heterocycles. The zero-order chi connectivity index (χ0) is 21.4. The van der Waals surface area contributed by atoms with Crippen molar-refractivity contribution in [1.82, 2.24) is 0 Å². The third-order valence-corrected chi connectivity index (χ3v) is 7.11. The van der Waals surface area contributed by atoms with E-state index in [0.717, 1.165) is 12.8 Å². The Labute approximate surface area is 186 Å². The zero-order valence-electron chi connectivity index (χ0n) is 18.7. The quantitative estimate of drug-likeness (QED) is 0.314. The van der Waals surface area contributed by atoms with Crippen molar-refractivity contribution in [2.24, 2.45) is 0 Å². The summed E-state index contributed by atoms with van der Waals surface area (Å²) in [4.78, 5) is 0. The number of rotatable bonds is 5. The number of benzene rings is 4. The molecular weight excluding hydrogens is 372 g/mol. The van der Waals surface area contributed by atoms with E-state index in [4.69, 9.17) is 0 Å². The molecule has 0 aliphatic heterocycles. The normalized spacial score (nSPS) is 14.7. The fraction of sp³-hybridized carbons (Fsp3) is 0.226. The van der Waals surface area contributed by atoms with Crippen LogP contribution in [0.15, 0.2) is 97.1 Å². The highest BCUT2D eigenvalue weighted by Crippen LogP contribution is 2.48. The molecule has 1 aliphatic carbocycles. The molecule has 5 rings (SSSR count). The Balaban J connectivity index is 1.41. The summed E-state index contributed by atoms with van der Waals surface area (Å²) in [6.07, 6.45) is 2.23. The first-order valence-electron chi connectivity index (χ1n) is 11.5. The second-order valence-corrected chi connectivity index (χ2v) is 9.35. The van der Waals surface area contributed by atoms with Crippen LogP contribution in [0.5, 0.6) is 0 Å². The molecule has 0 heterocycles. The molecule has 0 bridgehead atoms. The predicted octanol–water partition coefficient (Wildman–Crippen LogP) is 8.40. The zero-order valence-corrected chi connectivity index (χ0v) is 18.7. The van der Waals surface area contributed by atoms with E-state index in [9.17, 15) is 0 Å². The van der Waals surface area contributed by atoms with Crippen LogP contribution in [0.4, 0.5) is 0 Å². The third kappa shape index (κ3) is 3.51. The van der Waals surface area contributed by atoms with Gasteiger partial charge in [-0.3, -0.25) is 0 Å². The van der Waals surface area contributed by atoms with E-state index in [2.05, 4.69) is 118 Å². The molecule has 1 aliphatic rings. The van der Waals surface area contributed by atoms with Crippen molar-refractivity contribution >= 4 is 0 Å². The highest BCUT2D eigenvalue weighted by atomic mass is 14.4. The Hall–Kier alpha value is -3.12. The van der Waals surface area contributed by atoms with Gasteiger partial charge in [-0.2, -0.15) is 0 Å². The van der Waals surface area contributed by atoms with E-state index >= 15 is 0 Å². The lowest BCUT2D eigenvalue weighted by molar-refractivity contribution is 0.646. The van der Waals surface area contributed by atoms with Gasteiger partial charge in [0.25, 0.3) is 0 Å². The van der Waals surface area contributed by atoms with Crippen molar-refractivity contribution in [1.29, 1.82) is 0 Å². The molecule has 0 saturated carbocycles. The van der Waals surface area contributed by atoms with Gasteiger partial charge in [-0.25, -0.2) is 0 Å². The number of hydrogen-bond acceptors (Lipinski definition) is 0. The summed E-state index contributed by atoms with van der Waals surface area (Å²) in [5.74, 6) is 0.537. The van der Waals surface area contributed by atoms with Gasteiger partial charge in [0.2, 0.25) is 0 Å². The summed E-state index contributed by atoms with van der Waals surface area (Å²) < 4.78 is 0. The molecule has 0 nitrogen and oxygen atoms in total. The lowest BCUT2D eigenvalue weighted by atomic mass is 9.81. The SMILES string of the molecule is CCC(Cc1ccc2c(c1)C(C)(C)c1ccccc1-2)c1ccc(-c2ccccc2)cc1. The Kier molecular flexibility index (Phi) is 5.02. The molecule has 0 amide bonds. The van der Waals surface area contributed by atoms with Gasteiger partial charge in [-0.05, 0) is 63.3 Å². The predicted molar refractivity (Wildman–Crippen MR) is 133 cm³/mol. The second kappa shape index (κ2) is 7.85. The van der Waals surface area contributed by atoms with E-state index < -0.39 is 0 Å². The minimum atomic E-state index is 0.0704. The van der Waals surface area contributed by atoms with Crippen LogP contribution >= 0.6 is 0 Å². The maximum absolute atomic E-state index is 2.47. The standard InChI is InChI=1S/C31H30/c1-4-23(25-15-17-26(18-16-25)24-10-6-5-7-11-24)20-22-14-19-28-27-12-8-9-13-29(27)31(2,3)30(28)21-22/h5-19,21,23H,4,20H2,1-3H3. The average molecular weight is 403 g/mol. The molecule has 154 valence electrons. The van der Waals surface area contributed by atoms with E-state index in [-0.39, 0.29) is 5.41 Å². The van der Waals surface area contributed by atoms with Gasteiger partial charge < -0.3 is 0 Å². The van der Waals surface area contributed by atoms with Crippen LogP contribution in [0.1, 0.15) is 55.4 Å². The van der Waals surface area contributed by atoms with Crippen molar-refractivity contribution in [3.8, 4) is 22.3 Å².